The van der Waals surface area contributed by atoms with Crippen LogP contribution in [0.15, 0.2) is 6.33 Å². The molecule has 7 nitrogen and oxygen atoms in total. The summed E-state index contributed by atoms with van der Waals surface area (Å²) in [5.41, 5.74) is 8.00. The quantitative estimate of drug-likeness (QED) is 0.504. The third-order valence-electron chi connectivity index (χ3n) is 7.53. The highest BCUT2D eigenvalue weighted by molar-refractivity contribution is 5.86. The van der Waals surface area contributed by atoms with E-state index < -0.39 is 0 Å². The van der Waals surface area contributed by atoms with Gasteiger partial charge in [0, 0.05) is 24.7 Å². The second kappa shape index (κ2) is 11.7. The van der Waals surface area contributed by atoms with Crippen molar-refractivity contribution in [2.24, 2.45) is 11.7 Å². The minimum Gasteiger partial charge on any atom is -0.368 e. The molecule has 3 aliphatic rings. The molecule has 0 radical (unpaired) electrons. The summed E-state index contributed by atoms with van der Waals surface area (Å²) in [4.78, 5) is 14.6. The maximum absolute atomic E-state index is 6.09. The van der Waals surface area contributed by atoms with Crippen LogP contribution in [0.5, 0.6) is 0 Å². The first-order valence-corrected chi connectivity index (χ1v) is 12.3. The van der Waals surface area contributed by atoms with E-state index in [0.29, 0.717) is 18.1 Å². The van der Waals surface area contributed by atoms with Crippen molar-refractivity contribution in [2.75, 3.05) is 17.2 Å². The number of nitrogens with two attached hydrogens (primary N) is 1. The third-order valence-corrected chi connectivity index (χ3v) is 7.53. The molecule has 0 amide bonds. The summed E-state index contributed by atoms with van der Waals surface area (Å²) in [5.74, 6) is 2.39. The topological polar surface area (TPSA) is 93.7 Å². The number of hydrogen-bond acceptors (Lipinski definition) is 6. The van der Waals surface area contributed by atoms with Gasteiger partial charge in [-0.2, -0.15) is 9.97 Å². The summed E-state index contributed by atoms with van der Waals surface area (Å²) in [5, 5.41) is 7.28. The largest absolute Gasteiger partial charge is 0.368 e. The van der Waals surface area contributed by atoms with Crippen LogP contribution in [0.2, 0.25) is 0 Å². The Morgan fingerprint density at radius 2 is 1.56 bits per heavy atom. The SMILES string of the molecule is Cl.Cl.NC1CCC(Nc2nc(NCC3CCCCC3)c3ncn(C4CCCC4)c3n2)CC1. The molecule has 2 heterocycles. The average molecular weight is 485 g/mol. The van der Waals surface area contributed by atoms with E-state index in [1.807, 2.05) is 6.33 Å². The predicted molar refractivity (Wildman–Crippen MR) is 136 cm³/mol. The molecule has 32 heavy (non-hydrogen) atoms. The Morgan fingerprint density at radius 1 is 0.875 bits per heavy atom. The monoisotopic (exact) mass is 483 g/mol. The normalized spacial score (nSPS) is 24.7. The van der Waals surface area contributed by atoms with Gasteiger partial charge in [-0.15, -0.1) is 24.8 Å². The Morgan fingerprint density at radius 3 is 2.28 bits per heavy atom. The highest BCUT2D eigenvalue weighted by atomic mass is 35.5. The molecule has 5 rings (SSSR count). The van der Waals surface area contributed by atoms with Crippen LogP contribution in [0.3, 0.4) is 0 Å². The van der Waals surface area contributed by atoms with Crippen LogP contribution in [0.25, 0.3) is 11.2 Å². The molecule has 2 aromatic rings. The summed E-state index contributed by atoms with van der Waals surface area (Å²) in [6, 6.07) is 1.29. The lowest BCUT2D eigenvalue weighted by Gasteiger charge is -2.27. The van der Waals surface area contributed by atoms with E-state index in [2.05, 4.69) is 15.2 Å². The van der Waals surface area contributed by atoms with Gasteiger partial charge in [0.15, 0.2) is 17.0 Å². The Labute approximate surface area is 203 Å². The smallest absolute Gasteiger partial charge is 0.227 e. The summed E-state index contributed by atoms with van der Waals surface area (Å²) in [7, 11) is 0. The number of rotatable bonds is 6. The number of halogens is 2. The van der Waals surface area contributed by atoms with Crippen molar-refractivity contribution in [2.45, 2.75) is 102 Å². The van der Waals surface area contributed by atoms with E-state index in [4.69, 9.17) is 20.7 Å². The molecule has 3 fully saturated rings. The number of fused-ring (bicyclic) bond motifs is 1. The van der Waals surface area contributed by atoms with Crippen molar-refractivity contribution in [3.8, 4) is 0 Å². The maximum Gasteiger partial charge on any atom is 0.227 e. The molecule has 180 valence electrons. The number of nitrogens with one attached hydrogen (secondary N) is 2. The molecule has 0 aromatic carbocycles. The Kier molecular flexibility index (Phi) is 9.26. The van der Waals surface area contributed by atoms with E-state index in [9.17, 15) is 0 Å². The van der Waals surface area contributed by atoms with Crippen molar-refractivity contribution >= 4 is 47.7 Å². The zero-order chi connectivity index (χ0) is 20.3. The lowest BCUT2D eigenvalue weighted by molar-refractivity contribution is 0.373. The maximum atomic E-state index is 6.09. The molecule has 9 heteroatoms. The third kappa shape index (κ3) is 5.78. The minimum absolute atomic E-state index is 0. The van der Waals surface area contributed by atoms with Crippen LogP contribution in [0, 0.1) is 5.92 Å². The van der Waals surface area contributed by atoms with Crippen molar-refractivity contribution in [3.05, 3.63) is 6.33 Å². The molecule has 0 aliphatic heterocycles. The standard InChI is InChI=1S/C23H37N7.2ClH/c24-17-10-12-18(13-11-17)27-23-28-21(25-14-16-6-2-1-3-7-16)20-22(29-23)30(15-26-20)19-8-4-5-9-19;;/h15-19H,1-14,24H2,(H2,25,27,28,29);2*1H. The van der Waals surface area contributed by atoms with Crippen molar-refractivity contribution < 1.29 is 0 Å². The average Bonchev–Trinajstić information content (AvgIpc) is 3.44. The van der Waals surface area contributed by atoms with Crippen LogP contribution >= 0.6 is 24.8 Å². The lowest BCUT2D eigenvalue weighted by atomic mass is 9.89. The molecule has 0 unspecified atom stereocenters. The van der Waals surface area contributed by atoms with Crippen LogP contribution in [0.4, 0.5) is 11.8 Å². The van der Waals surface area contributed by atoms with Gasteiger partial charge in [-0.3, -0.25) is 0 Å². The number of aromatic nitrogens is 4. The van der Waals surface area contributed by atoms with Gasteiger partial charge >= 0.3 is 0 Å². The fourth-order valence-electron chi connectivity index (χ4n) is 5.63. The lowest BCUT2D eigenvalue weighted by Crippen LogP contribution is -2.33. The molecule has 0 saturated heterocycles. The van der Waals surface area contributed by atoms with Gasteiger partial charge in [-0.1, -0.05) is 32.1 Å². The molecule has 0 atom stereocenters. The van der Waals surface area contributed by atoms with E-state index in [-0.39, 0.29) is 24.8 Å². The minimum atomic E-state index is 0. The van der Waals surface area contributed by atoms with Crippen molar-refractivity contribution in [1.82, 2.24) is 19.5 Å². The van der Waals surface area contributed by atoms with E-state index >= 15 is 0 Å². The molecular formula is C23H39Cl2N7. The molecule has 3 aliphatic carbocycles. The molecule has 3 saturated carbocycles. The number of imidazole rings is 1. The number of hydrogen-bond donors (Lipinski definition) is 3. The first-order valence-electron chi connectivity index (χ1n) is 12.3. The highest BCUT2D eigenvalue weighted by Crippen LogP contribution is 2.33. The second-order valence-electron chi connectivity index (χ2n) is 9.80. The molecule has 0 spiro atoms. The van der Waals surface area contributed by atoms with Crippen LogP contribution < -0.4 is 16.4 Å². The van der Waals surface area contributed by atoms with Gasteiger partial charge < -0.3 is 20.9 Å². The fraction of sp³-hybridized carbons (Fsp3) is 0.783. The fourth-order valence-corrected chi connectivity index (χ4v) is 5.63. The van der Waals surface area contributed by atoms with Crippen LogP contribution in [0.1, 0.15) is 89.5 Å². The predicted octanol–water partition coefficient (Wildman–Crippen LogP) is 5.46. The second-order valence-corrected chi connectivity index (χ2v) is 9.80. The van der Waals surface area contributed by atoms with Crippen molar-refractivity contribution in [3.63, 3.8) is 0 Å². The van der Waals surface area contributed by atoms with Gasteiger partial charge in [0.2, 0.25) is 5.95 Å². The van der Waals surface area contributed by atoms with E-state index in [0.717, 1.165) is 61.1 Å². The zero-order valence-electron chi connectivity index (χ0n) is 19.0. The molecule has 4 N–H and O–H groups in total. The first kappa shape index (κ1) is 25.3. The van der Waals surface area contributed by atoms with Crippen LogP contribution in [-0.4, -0.2) is 38.1 Å². The van der Waals surface area contributed by atoms with Crippen LogP contribution in [-0.2, 0) is 0 Å². The van der Waals surface area contributed by atoms with Gasteiger partial charge in [-0.25, -0.2) is 4.98 Å². The highest BCUT2D eigenvalue weighted by Gasteiger charge is 2.24. The molecule has 2 aromatic heterocycles. The summed E-state index contributed by atoms with van der Waals surface area (Å²) < 4.78 is 2.30. The van der Waals surface area contributed by atoms with E-state index in [1.165, 1.54) is 57.8 Å². The van der Waals surface area contributed by atoms with E-state index in [1.54, 1.807) is 0 Å². The number of anilines is 2. The Hall–Kier alpha value is -1.31. The summed E-state index contributed by atoms with van der Waals surface area (Å²) in [6.07, 6.45) is 18.1. The first-order chi connectivity index (χ1) is 14.8. The van der Waals surface area contributed by atoms with Gasteiger partial charge in [0.05, 0.1) is 6.33 Å². The van der Waals surface area contributed by atoms with Gasteiger partial charge in [0.25, 0.3) is 0 Å². The van der Waals surface area contributed by atoms with Gasteiger partial charge in [-0.05, 0) is 57.3 Å². The zero-order valence-corrected chi connectivity index (χ0v) is 20.6. The number of nitrogens with zero attached hydrogens (tertiary/aromatic N) is 4. The molecular weight excluding hydrogens is 445 g/mol. The van der Waals surface area contributed by atoms with Crippen molar-refractivity contribution in [1.29, 1.82) is 0 Å². The summed E-state index contributed by atoms with van der Waals surface area (Å²) >= 11 is 0. The van der Waals surface area contributed by atoms with Gasteiger partial charge in [0.1, 0.15) is 0 Å². The molecule has 0 bridgehead atoms. The Balaban J connectivity index is 0.00000144. The Bertz CT molecular complexity index is 838. The summed E-state index contributed by atoms with van der Waals surface area (Å²) in [6.45, 7) is 0.986.